The minimum absolute atomic E-state index is 0. The molecule has 0 bridgehead atoms. The summed E-state index contributed by atoms with van der Waals surface area (Å²) >= 11 is 0. The third kappa shape index (κ3) is 7.65. The van der Waals surface area contributed by atoms with Gasteiger partial charge in [0.15, 0.2) is 5.96 Å². The summed E-state index contributed by atoms with van der Waals surface area (Å²) < 4.78 is 10.4. The van der Waals surface area contributed by atoms with Gasteiger partial charge in [0.05, 0.1) is 19.8 Å². The van der Waals surface area contributed by atoms with Gasteiger partial charge in [0.25, 0.3) is 0 Å². The average Bonchev–Trinajstić information content (AvgIpc) is 3.08. The third-order valence-corrected chi connectivity index (χ3v) is 4.47. The van der Waals surface area contributed by atoms with E-state index in [1.807, 2.05) is 6.92 Å². The predicted molar refractivity (Wildman–Crippen MR) is 110 cm³/mol. The van der Waals surface area contributed by atoms with Gasteiger partial charge in [0.2, 0.25) is 0 Å². The van der Waals surface area contributed by atoms with Gasteiger partial charge in [-0.1, -0.05) is 0 Å². The number of guanidine groups is 1. The molecule has 2 saturated heterocycles. The number of hydrogen-bond acceptors (Lipinski definition) is 5. The summed E-state index contributed by atoms with van der Waals surface area (Å²) in [5.41, 5.74) is 0. The van der Waals surface area contributed by atoms with Gasteiger partial charge in [-0.3, -0.25) is 14.7 Å². The minimum Gasteiger partial charge on any atom is -0.466 e. The second-order valence-electron chi connectivity index (χ2n) is 6.18. The maximum absolute atomic E-state index is 11.4. The van der Waals surface area contributed by atoms with E-state index in [2.05, 4.69) is 27.0 Å². The second kappa shape index (κ2) is 12.7. The van der Waals surface area contributed by atoms with E-state index < -0.39 is 0 Å². The number of halogens is 1. The first-order valence-electron chi connectivity index (χ1n) is 9.25. The van der Waals surface area contributed by atoms with Crippen molar-refractivity contribution in [1.29, 1.82) is 0 Å². The van der Waals surface area contributed by atoms with Crippen molar-refractivity contribution >= 4 is 35.9 Å². The van der Waals surface area contributed by atoms with Crippen LogP contribution in [0.2, 0.25) is 0 Å². The molecule has 1 N–H and O–H groups in total. The maximum atomic E-state index is 11.4. The Hall–Kier alpha value is -0.610. The van der Waals surface area contributed by atoms with Crippen LogP contribution in [0.15, 0.2) is 4.99 Å². The van der Waals surface area contributed by atoms with Gasteiger partial charge in [-0.2, -0.15) is 0 Å². The van der Waals surface area contributed by atoms with Crippen molar-refractivity contribution in [1.82, 2.24) is 15.1 Å². The number of aliphatic imine (C=N–C) groups is 1. The van der Waals surface area contributed by atoms with Crippen molar-refractivity contribution in [3.63, 3.8) is 0 Å². The van der Waals surface area contributed by atoms with Crippen LogP contribution in [0.5, 0.6) is 0 Å². The molecule has 0 aromatic carbocycles. The zero-order valence-corrected chi connectivity index (χ0v) is 17.9. The highest BCUT2D eigenvalue weighted by Gasteiger charge is 2.30. The van der Waals surface area contributed by atoms with Gasteiger partial charge < -0.3 is 19.7 Å². The molecule has 2 fully saturated rings. The van der Waals surface area contributed by atoms with Crippen LogP contribution in [0.1, 0.15) is 33.1 Å². The van der Waals surface area contributed by atoms with Gasteiger partial charge >= 0.3 is 5.97 Å². The van der Waals surface area contributed by atoms with E-state index in [4.69, 9.17) is 9.47 Å². The summed E-state index contributed by atoms with van der Waals surface area (Å²) in [6.45, 7) is 11.7. The maximum Gasteiger partial charge on any atom is 0.305 e. The molecule has 8 heteroatoms. The molecule has 0 aromatic heterocycles. The quantitative estimate of drug-likeness (QED) is 0.200. The Labute approximate surface area is 168 Å². The number of ether oxygens (including phenoxy) is 2. The molecule has 25 heavy (non-hydrogen) atoms. The van der Waals surface area contributed by atoms with Gasteiger partial charge in [-0.25, -0.2) is 0 Å². The molecule has 2 aliphatic rings. The zero-order chi connectivity index (χ0) is 17.2. The van der Waals surface area contributed by atoms with Crippen molar-refractivity contribution in [2.45, 2.75) is 39.2 Å². The van der Waals surface area contributed by atoms with Crippen molar-refractivity contribution < 1.29 is 14.3 Å². The Morgan fingerprint density at radius 1 is 1.28 bits per heavy atom. The number of hydrogen-bond donors (Lipinski definition) is 1. The lowest BCUT2D eigenvalue weighted by Crippen LogP contribution is -2.46. The number of rotatable bonds is 7. The highest BCUT2D eigenvalue weighted by atomic mass is 127. The summed E-state index contributed by atoms with van der Waals surface area (Å²) in [5, 5.41) is 3.38. The zero-order valence-electron chi connectivity index (χ0n) is 15.5. The molecule has 146 valence electrons. The molecule has 0 aromatic rings. The standard InChI is InChI=1S/C17H32N4O3.HI/c1-3-18-17(19-8-5-6-16(22)24-4-2)21-9-7-15(14-21)20-10-12-23-13-11-20;/h15H,3-14H2,1-2H3,(H,18,19);1H. The van der Waals surface area contributed by atoms with Crippen LogP contribution in [0, 0.1) is 0 Å². The molecule has 7 nitrogen and oxygen atoms in total. The van der Waals surface area contributed by atoms with Crippen LogP contribution in [0.4, 0.5) is 0 Å². The molecule has 2 aliphatic heterocycles. The smallest absolute Gasteiger partial charge is 0.305 e. The predicted octanol–water partition coefficient (Wildman–Crippen LogP) is 1.32. The lowest BCUT2D eigenvalue weighted by Gasteiger charge is -2.32. The summed E-state index contributed by atoms with van der Waals surface area (Å²) in [7, 11) is 0. The summed E-state index contributed by atoms with van der Waals surface area (Å²) in [6, 6.07) is 0.595. The highest BCUT2D eigenvalue weighted by molar-refractivity contribution is 14.0. The van der Waals surface area contributed by atoms with E-state index in [0.717, 1.165) is 58.3 Å². The molecule has 0 spiro atoms. The Morgan fingerprint density at radius 2 is 2.04 bits per heavy atom. The lowest BCUT2D eigenvalue weighted by molar-refractivity contribution is -0.143. The molecule has 0 saturated carbocycles. The molecule has 0 aliphatic carbocycles. The van der Waals surface area contributed by atoms with Gasteiger partial charge in [0.1, 0.15) is 0 Å². The monoisotopic (exact) mass is 468 g/mol. The average molecular weight is 468 g/mol. The van der Waals surface area contributed by atoms with Crippen molar-refractivity contribution in [2.75, 3.05) is 59.1 Å². The van der Waals surface area contributed by atoms with E-state index in [0.29, 0.717) is 25.6 Å². The first-order valence-corrected chi connectivity index (χ1v) is 9.25. The molecule has 0 radical (unpaired) electrons. The van der Waals surface area contributed by atoms with Crippen LogP contribution in [-0.2, 0) is 14.3 Å². The number of esters is 1. The van der Waals surface area contributed by atoms with Crippen LogP contribution >= 0.6 is 24.0 Å². The largest absolute Gasteiger partial charge is 0.466 e. The molecule has 2 heterocycles. The number of likely N-dealkylation sites (tertiary alicyclic amines) is 1. The van der Waals surface area contributed by atoms with E-state index in [-0.39, 0.29) is 29.9 Å². The molecule has 2 rings (SSSR count). The summed E-state index contributed by atoms with van der Waals surface area (Å²) in [6.07, 6.45) is 2.34. The first kappa shape index (κ1) is 22.4. The van der Waals surface area contributed by atoms with Crippen molar-refractivity contribution in [3.8, 4) is 0 Å². The molecule has 1 atom stereocenters. The Morgan fingerprint density at radius 3 is 2.72 bits per heavy atom. The normalized spacial score (nSPS) is 21.8. The van der Waals surface area contributed by atoms with E-state index >= 15 is 0 Å². The summed E-state index contributed by atoms with van der Waals surface area (Å²) in [5.74, 6) is 0.836. The fourth-order valence-corrected chi connectivity index (χ4v) is 3.24. The first-order chi connectivity index (χ1) is 11.7. The van der Waals surface area contributed by atoms with Crippen LogP contribution < -0.4 is 5.32 Å². The van der Waals surface area contributed by atoms with Crippen LogP contribution in [0.25, 0.3) is 0 Å². The Balaban J connectivity index is 0.00000312. The molecule has 1 unspecified atom stereocenters. The van der Waals surface area contributed by atoms with E-state index in [9.17, 15) is 4.79 Å². The lowest BCUT2D eigenvalue weighted by atomic mass is 10.2. The number of carbonyl (C=O) groups excluding carboxylic acids is 1. The van der Waals surface area contributed by atoms with Crippen molar-refractivity contribution in [2.24, 2.45) is 4.99 Å². The van der Waals surface area contributed by atoms with Crippen LogP contribution in [0.3, 0.4) is 0 Å². The van der Waals surface area contributed by atoms with Crippen LogP contribution in [-0.4, -0.2) is 86.9 Å². The number of morpholine rings is 1. The fourth-order valence-electron chi connectivity index (χ4n) is 3.24. The number of carbonyl (C=O) groups is 1. The minimum atomic E-state index is -0.133. The van der Waals surface area contributed by atoms with Gasteiger partial charge in [-0.15, -0.1) is 24.0 Å². The fraction of sp³-hybridized carbons (Fsp3) is 0.882. The van der Waals surface area contributed by atoms with Gasteiger partial charge in [0, 0.05) is 51.7 Å². The van der Waals surface area contributed by atoms with Gasteiger partial charge in [-0.05, 0) is 26.7 Å². The molecular weight excluding hydrogens is 435 g/mol. The third-order valence-electron chi connectivity index (χ3n) is 4.47. The SMILES string of the molecule is CCNC(=NCCCC(=O)OCC)N1CCC(N2CCOCC2)C1.I. The summed E-state index contributed by atoms with van der Waals surface area (Å²) in [4.78, 5) is 20.9. The highest BCUT2D eigenvalue weighted by Crippen LogP contribution is 2.17. The Bertz CT molecular complexity index is 417. The van der Waals surface area contributed by atoms with E-state index in [1.54, 1.807) is 0 Å². The van der Waals surface area contributed by atoms with E-state index in [1.165, 1.54) is 6.42 Å². The molecular formula is C17H33IN4O3. The topological polar surface area (TPSA) is 66.4 Å². The number of nitrogens with one attached hydrogen (secondary N) is 1. The second-order valence-corrected chi connectivity index (χ2v) is 6.18. The Kier molecular flexibility index (Phi) is 11.4. The van der Waals surface area contributed by atoms with Crippen molar-refractivity contribution in [3.05, 3.63) is 0 Å². The number of nitrogens with zero attached hydrogens (tertiary/aromatic N) is 3. The molecule has 0 amide bonds.